The number of rotatable bonds is 3. The van der Waals surface area contributed by atoms with E-state index in [9.17, 15) is 4.79 Å². The highest BCUT2D eigenvalue weighted by Gasteiger charge is 2.12. The molecule has 0 saturated heterocycles. The minimum atomic E-state index is 0.169. The number of hydrogen-bond acceptors (Lipinski definition) is 1. The van der Waals surface area contributed by atoms with Crippen LogP contribution in [0.25, 0.3) is 0 Å². The molecule has 0 radical (unpaired) electrons. The smallest absolute Gasteiger partial charge is 0.152 e. The van der Waals surface area contributed by atoms with Gasteiger partial charge in [0.15, 0.2) is 5.78 Å². The lowest BCUT2D eigenvalue weighted by molar-refractivity contribution is -0.112. The van der Waals surface area contributed by atoms with Gasteiger partial charge in [-0.3, -0.25) is 4.79 Å². The number of carbonyl (C=O) groups excluding carboxylic acids is 1. The van der Waals surface area contributed by atoms with Gasteiger partial charge in [-0.05, 0) is 25.3 Å². The van der Waals surface area contributed by atoms with Crippen LogP contribution in [0.1, 0.15) is 39.0 Å². The van der Waals surface area contributed by atoms with Crippen molar-refractivity contribution in [2.45, 2.75) is 39.0 Å². The van der Waals surface area contributed by atoms with Gasteiger partial charge in [0, 0.05) is 0 Å². The highest BCUT2D eigenvalue weighted by Crippen LogP contribution is 2.27. The predicted octanol–water partition coefficient (Wildman–Crippen LogP) is 2.71. The Morgan fingerprint density at radius 1 is 1.45 bits per heavy atom. The quantitative estimate of drug-likeness (QED) is 0.568. The fraction of sp³-hybridized carbons (Fsp3) is 0.700. The minimum Gasteiger partial charge on any atom is -0.295 e. The van der Waals surface area contributed by atoms with E-state index in [0.29, 0.717) is 0 Å². The molecule has 0 aromatic heterocycles. The van der Waals surface area contributed by atoms with Crippen LogP contribution in [0.15, 0.2) is 12.2 Å². The SMILES string of the molecule is CC(=O)/C=C/CC1CCCC1. The molecule has 0 heterocycles. The van der Waals surface area contributed by atoms with Gasteiger partial charge in [0.25, 0.3) is 0 Å². The van der Waals surface area contributed by atoms with Crippen LogP contribution in [0.2, 0.25) is 0 Å². The summed E-state index contributed by atoms with van der Waals surface area (Å²) in [6.07, 6.45) is 10.3. The Morgan fingerprint density at radius 2 is 2.09 bits per heavy atom. The van der Waals surface area contributed by atoms with Gasteiger partial charge in [-0.15, -0.1) is 0 Å². The Morgan fingerprint density at radius 3 is 2.64 bits per heavy atom. The lowest BCUT2D eigenvalue weighted by Crippen LogP contribution is -1.90. The van der Waals surface area contributed by atoms with Crippen molar-refractivity contribution in [2.75, 3.05) is 0 Å². The summed E-state index contributed by atoms with van der Waals surface area (Å²) >= 11 is 0. The lowest BCUT2D eigenvalue weighted by atomic mass is 10.0. The van der Waals surface area contributed by atoms with Gasteiger partial charge in [-0.1, -0.05) is 31.8 Å². The molecule has 0 aromatic rings. The molecule has 0 bridgehead atoms. The molecule has 0 amide bonds. The van der Waals surface area contributed by atoms with E-state index < -0.39 is 0 Å². The van der Waals surface area contributed by atoms with Gasteiger partial charge in [0.05, 0.1) is 0 Å². The van der Waals surface area contributed by atoms with Crippen LogP contribution in [0.4, 0.5) is 0 Å². The maximum Gasteiger partial charge on any atom is 0.152 e. The number of carbonyl (C=O) groups is 1. The first-order valence-corrected chi connectivity index (χ1v) is 4.46. The van der Waals surface area contributed by atoms with Crippen LogP contribution in [-0.2, 0) is 4.79 Å². The fourth-order valence-electron chi connectivity index (χ4n) is 1.67. The third kappa shape index (κ3) is 3.35. The Labute approximate surface area is 68.5 Å². The van der Waals surface area contributed by atoms with E-state index in [1.807, 2.05) is 6.08 Å². The van der Waals surface area contributed by atoms with Crippen LogP contribution < -0.4 is 0 Å². The monoisotopic (exact) mass is 152 g/mol. The van der Waals surface area contributed by atoms with Gasteiger partial charge in [-0.25, -0.2) is 0 Å². The first-order chi connectivity index (χ1) is 5.29. The maximum atomic E-state index is 10.5. The van der Waals surface area contributed by atoms with Crippen LogP contribution >= 0.6 is 0 Å². The third-order valence-electron chi connectivity index (χ3n) is 2.30. The molecule has 1 aliphatic carbocycles. The Balaban J connectivity index is 2.15. The number of ketones is 1. The van der Waals surface area contributed by atoms with E-state index in [-0.39, 0.29) is 5.78 Å². The highest BCUT2D eigenvalue weighted by atomic mass is 16.1. The van der Waals surface area contributed by atoms with Crippen molar-refractivity contribution in [3.63, 3.8) is 0 Å². The molecular weight excluding hydrogens is 136 g/mol. The molecule has 11 heavy (non-hydrogen) atoms. The maximum absolute atomic E-state index is 10.5. The van der Waals surface area contributed by atoms with Gasteiger partial charge < -0.3 is 0 Å². The Bertz CT molecular complexity index is 152. The van der Waals surface area contributed by atoms with Gasteiger partial charge in [0.2, 0.25) is 0 Å². The van der Waals surface area contributed by atoms with Crippen molar-refractivity contribution in [1.29, 1.82) is 0 Å². The summed E-state index contributed by atoms with van der Waals surface area (Å²) in [4.78, 5) is 10.5. The van der Waals surface area contributed by atoms with Crippen molar-refractivity contribution < 1.29 is 4.79 Å². The zero-order valence-corrected chi connectivity index (χ0v) is 7.18. The minimum absolute atomic E-state index is 0.169. The summed E-state index contributed by atoms with van der Waals surface area (Å²) in [7, 11) is 0. The third-order valence-corrected chi connectivity index (χ3v) is 2.30. The fourth-order valence-corrected chi connectivity index (χ4v) is 1.67. The first kappa shape index (κ1) is 8.51. The molecule has 1 fully saturated rings. The molecule has 0 N–H and O–H groups in total. The van der Waals surface area contributed by atoms with Gasteiger partial charge >= 0.3 is 0 Å². The van der Waals surface area contributed by atoms with E-state index in [1.54, 1.807) is 13.0 Å². The van der Waals surface area contributed by atoms with Crippen LogP contribution in [0, 0.1) is 5.92 Å². The van der Waals surface area contributed by atoms with E-state index in [1.165, 1.54) is 25.7 Å². The Hall–Kier alpha value is -0.590. The zero-order chi connectivity index (χ0) is 8.10. The molecule has 0 atom stereocenters. The second-order valence-electron chi connectivity index (χ2n) is 3.40. The average molecular weight is 152 g/mol. The van der Waals surface area contributed by atoms with Crippen LogP contribution in [-0.4, -0.2) is 5.78 Å². The largest absolute Gasteiger partial charge is 0.295 e. The van der Waals surface area contributed by atoms with Crippen LogP contribution in [0.3, 0.4) is 0 Å². The molecule has 0 aliphatic heterocycles. The second-order valence-corrected chi connectivity index (χ2v) is 3.40. The molecule has 1 heteroatoms. The van der Waals surface area contributed by atoms with E-state index in [2.05, 4.69) is 0 Å². The van der Waals surface area contributed by atoms with E-state index in [0.717, 1.165) is 12.3 Å². The lowest BCUT2D eigenvalue weighted by Gasteiger charge is -2.01. The molecule has 1 nitrogen and oxygen atoms in total. The summed E-state index contributed by atoms with van der Waals surface area (Å²) in [6, 6.07) is 0. The average Bonchev–Trinajstić information content (AvgIpc) is 2.39. The van der Waals surface area contributed by atoms with Crippen molar-refractivity contribution in [2.24, 2.45) is 5.92 Å². The number of hydrogen-bond donors (Lipinski definition) is 0. The predicted molar refractivity (Wildman–Crippen MR) is 46.4 cm³/mol. The summed E-state index contributed by atoms with van der Waals surface area (Å²) in [6.45, 7) is 1.60. The molecule has 0 unspecified atom stereocenters. The standard InChI is InChI=1S/C10H16O/c1-9(11)5-4-8-10-6-2-3-7-10/h4-5,10H,2-3,6-8H2,1H3/b5-4+. The number of allylic oxidation sites excluding steroid dienone is 2. The topological polar surface area (TPSA) is 17.1 Å². The van der Waals surface area contributed by atoms with E-state index >= 15 is 0 Å². The van der Waals surface area contributed by atoms with Crippen molar-refractivity contribution in [1.82, 2.24) is 0 Å². The summed E-state index contributed by atoms with van der Waals surface area (Å²) in [5, 5.41) is 0. The Kier molecular flexibility index (Phi) is 3.34. The summed E-state index contributed by atoms with van der Waals surface area (Å²) in [5.74, 6) is 1.04. The highest BCUT2D eigenvalue weighted by molar-refractivity contribution is 5.87. The first-order valence-electron chi connectivity index (χ1n) is 4.46. The summed E-state index contributed by atoms with van der Waals surface area (Å²) < 4.78 is 0. The van der Waals surface area contributed by atoms with E-state index in [4.69, 9.17) is 0 Å². The van der Waals surface area contributed by atoms with Crippen molar-refractivity contribution >= 4 is 5.78 Å². The van der Waals surface area contributed by atoms with Crippen LogP contribution in [0.5, 0.6) is 0 Å². The molecule has 0 spiro atoms. The molecule has 1 rings (SSSR count). The molecule has 62 valence electrons. The van der Waals surface area contributed by atoms with Gasteiger partial charge in [-0.2, -0.15) is 0 Å². The van der Waals surface area contributed by atoms with Crippen molar-refractivity contribution in [3.05, 3.63) is 12.2 Å². The summed E-state index contributed by atoms with van der Waals surface area (Å²) in [5.41, 5.74) is 0. The zero-order valence-electron chi connectivity index (χ0n) is 7.18. The van der Waals surface area contributed by atoms with Gasteiger partial charge in [0.1, 0.15) is 0 Å². The van der Waals surface area contributed by atoms with Crippen molar-refractivity contribution in [3.8, 4) is 0 Å². The molecule has 0 aromatic carbocycles. The molecule has 1 saturated carbocycles. The molecular formula is C10H16O. The second kappa shape index (κ2) is 4.32. The molecule has 1 aliphatic rings. The normalized spacial score (nSPS) is 19.7.